The molecule has 0 saturated heterocycles. The predicted octanol–water partition coefficient (Wildman–Crippen LogP) is 3.32. The van der Waals surface area contributed by atoms with Gasteiger partial charge in [0.25, 0.3) is 0 Å². The van der Waals surface area contributed by atoms with Crippen molar-refractivity contribution < 1.29 is 0 Å². The quantitative estimate of drug-likeness (QED) is 0.566. The molecule has 0 unspecified atom stereocenters. The Bertz CT molecular complexity index is 94.9. The minimum atomic E-state index is 0.760. The van der Waals surface area contributed by atoms with Crippen LogP contribution in [0.2, 0.25) is 0 Å². The van der Waals surface area contributed by atoms with Crippen LogP contribution in [0.1, 0.15) is 39.0 Å². The Hall–Kier alpha value is 0.350. The Morgan fingerprint density at radius 2 is 2.10 bits per heavy atom. The zero-order chi connectivity index (χ0) is 7.45. The van der Waals surface area contributed by atoms with E-state index in [1.54, 1.807) is 0 Å². The van der Waals surface area contributed by atoms with Crippen molar-refractivity contribution in [1.29, 1.82) is 0 Å². The summed E-state index contributed by atoms with van der Waals surface area (Å²) in [5.41, 5.74) is 0.760. The predicted molar refractivity (Wildman–Crippen MR) is 49.6 cm³/mol. The van der Waals surface area contributed by atoms with E-state index in [2.05, 4.69) is 13.2 Å². The Morgan fingerprint density at radius 3 is 2.50 bits per heavy atom. The molecule has 1 aliphatic rings. The molecule has 60 valence electrons. The lowest BCUT2D eigenvalue weighted by atomic mass is 9.68. The van der Waals surface area contributed by atoms with Crippen LogP contribution in [0.5, 0.6) is 0 Å². The summed E-state index contributed by atoms with van der Waals surface area (Å²) in [4.78, 5) is 0. The molecule has 0 spiro atoms. The molecule has 0 aromatic rings. The first-order valence-electron chi connectivity index (χ1n) is 4.26. The zero-order valence-corrected chi connectivity index (χ0v) is 7.97. The summed E-state index contributed by atoms with van der Waals surface area (Å²) in [5.74, 6) is 1.36. The molecule has 1 fully saturated rings. The van der Waals surface area contributed by atoms with Gasteiger partial charge in [-0.3, -0.25) is 0 Å². The maximum Gasteiger partial charge on any atom is -0.00701 e. The van der Waals surface area contributed by atoms with Crippen LogP contribution in [0.3, 0.4) is 0 Å². The van der Waals surface area contributed by atoms with Gasteiger partial charge in [-0.1, -0.05) is 13.3 Å². The summed E-state index contributed by atoms with van der Waals surface area (Å²) >= 11 is 1.98. The van der Waals surface area contributed by atoms with Gasteiger partial charge in [-0.25, -0.2) is 0 Å². The third-order valence-electron chi connectivity index (χ3n) is 2.69. The van der Waals surface area contributed by atoms with E-state index >= 15 is 0 Å². The lowest BCUT2D eigenvalue weighted by Gasteiger charge is -2.38. The summed E-state index contributed by atoms with van der Waals surface area (Å²) in [6, 6.07) is 0. The van der Waals surface area contributed by atoms with Gasteiger partial charge in [0.15, 0.2) is 0 Å². The molecule has 0 radical (unpaired) electrons. The van der Waals surface area contributed by atoms with Crippen molar-refractivity contribution in [3.8, 4) is 0 Å². The number of hydrogen-bond donors (Lipinski definition) is 0. The summed E-state index contributed by atoms with van der Waals surface area (Å²) < 4.78 is 0. The van der Waals surface area contributed by atoms with Crippen LogP contribution in [-0.4, -0.2) is 12.0 Å². The van der Waals surface area contributed by atoms with Crippen LogP contribution in [0.15, 0.2) is 0 Å². The van der Waals surface area contributed by atoms with Crippen molar-refractivity contribution in [3.05, 3.63) is 0 Å². The van der Waals surface area contributed by atoms with Gasteiger partial charge in [-0.15, -0.1) is 0 Å². The number of hydrogen-bond acceptors (Lipinski definition) is 1. The van der Waals surface area contributed by atoms with E-state index in [4.69, 9.17) is 0 Å². The molecule has 0 aliphatic heterocycles. The maximum atomic E-state index is 2.44. The fourth-order valence-corrected chi connectivity index (χ4v) is 2.11. The first-order chi connectivity index (χ1) is 4.77. The highest BCUT2D eigenvalue weighted by molar-refractivity contribution is 7.98. The van der Waals surface area contributed by atoms with E-state index in [0.29, 0.717) is 0 Å². The second-order valence-corrected chi connectivity index (χ2v) is 4.75. The molecule has 1 rings (SSSR count). The maximum absolute atomic E-state index is 2.44. The highest BCUT2D eigenvalue weighted by atomic mass is 32.2. The van der Waals surface area contributed by atoms with Crippen LogP contribution in [-0.2, 0) is 0 Å². The molecule has 0 nitrogen and oxygen atoms in total. The van der Waals surface area contributed by atoms with Gasteiger partial charge in [0.1, 0.15) is 0 Å². The third-order valence-corrected chi connectivity index (χ3v) is 3.39. The van der Waals surface area contributed by atoms with Gasteiger partial charge < -0.3 is 0 Å². The molecule has 1 heteroatoms. The summed E-state index contributed by atoms with van der Waals surface area (Å²) in [5, 5.41) is 0. The SMILES string of the molecule is CSCCCC1(C)CCC1. The van der Waals surface area contributed by atoms with Gasteiger partial charge in [0.2, 0.25) is 0 Å². The minimum Gasteiger partial charge on any atom is -0.165 e. The van der Waals surface area contributed by atoms with Crippen LogP contribution >= 0.6 is 11.8 Å². The Kier molecular flexibility index (Phi) is 3.09. The fraction of sp³-hybridized carbons (Fsp3) is 1.00. The van der Waals surface area contributed by atoms with Gasteiger partial charge in [0.05, 0.1) is 0 Å². The van der Waals surface area contributed by atoms with E-state index < -0.39 is 0 Å². The van der Waals surface area contributed by atoms with Crippen molar-refractivity contribution in [2.75, 3.05) is 12.0 Å². The first-order valence-corrected chi connectivity index (χ1v) is 5.65. The Morgan fingerprint density at radius 1 is 1.40 bits per heavy atom. The molecular weight excluding hydrogens is 140 g/mol. The smallest absolute Gasteiger partial charge is 0.00701 e. The molecular formula is C9H18S. The highest BCUT2D eigenvalue weighted by Gasteiger charge is 2.30. The molecule has 1 saturated carbocycles. The second kappa shape index (κ2) is 3.66. The number of rotatable bonds is 4. The van der Waals surface area contributed by atoms with Crippen LogP contribution in [0, 0.1) is 5.41 Å². The molecule has 0 atom stereocenters. The monoisotopic (exact) mass is 158 g/mol. The Labute approximate surface area is 68.8 Å². The van der Waals surface area contributed by atoms with E-state index in [0.717, 1.165) is 5.41 Å². The summed E-state index contributed by atoms with van der Waals surface area (Å²) in [7, 11) is 0. The van der Waals surface area contributed by atoms with E-state index in [9.17, 15) is 0 Å². The average molecular weight is 158 g/mol. The topological polar surface area (TPSA) is 0 Å². The molecule has 0 aromatic carbocycles. The van der Waals surface area contributed by atoms with Crippen molar-refractivity contribution in [3.63, 3.8) is 0 Å². The molecule has 0 N–H and O–H groups in total. The normalized spacial score (nSPS) is 22.2. The van der Waals surface area contributed by atoms with Crippen LogP contribution in [0.25, 0.3) is 0 Å². The molecule has 0 amide bonds. The van der Waals surface area contributed by atoms with E-state index in [1.807, 2.05) is 11.8 Å². The summed E-state index contributed by atoms with van der Waals surface area (Å²) in [6.45, 7) is 2.44. The minimum absolute atomic E-state index is 0.760. The molecule has 0 heterocycles. The van der Waals surface area contributed by atoms with Crippen molar-refractivity contribution >= 4 is 11.8 Å². The highest BCUT2D eigenvalue weighted by Crippen LogP contribution is 2.44. The van der Waals surface area contributed by atoms with Gasteiger partial charge >= 0.3 is 0 Å². The molecule has 0 aromatic heterocycles. The lowest BCUT2D eigenvalue weighted by Crippen LogP contribution is -2.25. The van der Waals surface area contributed by atoms with Crippen molar-refractivity contribution in [2.24, 2.45) is 5.41 Å². The van der Waals surface area contributed by atoms with Gasteiger partial charge in [-0.05, 0) is 43.1 Å². The van der Waals surface area contributed by atoms with E-state index in [1.165, 1.54) is 37.9 Å². The van der Waals surface area contributed by atoms with Gasteiger partial charge in [-0.2, -0.15) is 11.8 Å². The third kappa shape index (κ3) is 2.19. The lowest BCUT2D eigenvalue weighted by molar-refractivity contribution is 0.146. The standard InChI is InChI=1S/C9H18S/c1-9(5-3-6-9)7-4-8-10-2/h3-8H2,1-2H3. The first kappa shape index (κ1) is 8.45. The molecule has 0 bridgehead atoms. The zero-order valence-electron chi connectivity index (χ0n) is 7.15. The number of thioether (sulfide) groups is 1. The van der Waals surface area contributed by atoms with Crippen molar-refractivity contribution in [2.45, 2.75) is 39.0 Å². The average Bonchev–Trinajstić information content (AvgIpc) is 1.85. The van der Waals surface area contributed by atoms with Crippen molar-refractivity contribution in [1.82, 2.24) is 0 Å². The molecule has 10 heavy (non-hydrogen) atoms. The van der Waals surface area contributed by atoms with E-state index in [-0.39, 0.29) is 0 Å². The largest absolute Gasteiger partial charge is 0.165 e. The van der Waals surface area contributed by atoms with Gasteiger partial charge in [0, 0.05) is 0 Å². The van der Waals surface area contributed by atoms with Crippen LogP contribution < -0.4 is 0 Å². The summed E-state index contributed by atoms with van der Waals surface area (Å²) in [6.07, 6.45) is 9.55. The van der Waals surface area contributed by atoms with Crippen LogP contribution in [0.4, 0.5) is 0 Å². The Balaban J connectivity index is 2.01. The second-order valence-electron chi connectivity index (χ2n) is 3.76. The fourth-order valence-electron chi connectivity index (χ4n) is 1.67. The molecule has 1 aliphatic carbocycles.